The Morgan fingerprint density at radius 3 is 1.35 bits per heavy atom. The summed E-state index contributed by atoms with van der Waals surface area (Å²) in [5.74, 6) is -0.419. The number of phenolic OH excluding ortho intramolecular Hbond substituents is 2. The van der Waals surface area contributed by atoms with Gasteiger partial charge in [-0.1, -0.05) is 69.6 Å². The van der Waals surface area contributed by atoms with Crippen LogP contribution in [0, 0.1) is 0 Å². The zero-order valence-electron chi connectivity index (χ0n) is 12.8. The standard InChI is InChI=1S/C16H10Cl6N2O2/c17-9-3-11(19)15(25)7(13(9)21)5-23-1-2-24-6-8-14(22)10(18)4-12(20)16(8)26/h3-6,25-26H,1-2H2. The van der Waals surface area contributed by atoms with Crippen molar-refractivity contribution >= 4 is 82.0 Å². The predicted molar refractivity (Wildman–Crippen MR) is 111 cm³/mol. The first kappa shape index (κ1) is 21.4. The quantitative estimate of drug-likeness (QED) is 0.293. The molecule has 2 aromatic carbocycles. The van der Waals surface area contributed by atoms with Gasteiger partial charge in [-0.05, 0) is 12.1 Å². The molecule has 0 aromatic heterocycles. The summed E-state index contributed by atoms with van der Waals surface area (Å²) in [5, 5.41) is 20.7. The van der Waals surface area contributed by atoms with E-state index < -0.39 is 0 Å². The number of nitrogens with zero attached hydrogens (tertiary/aromatic N) is 2. The molecule has 2 rings (SSSR count). The van der Waals surface area contributed by atoms with E-state index in [2.05, 4.69) is 9.98 Å². The first-order valence-corrected chi connectivity index (χ1v) is 9.23. The van der Waals surface area contributed by atoms with Crippen LogP contribution in [0.4, 0.5) is 0 Å². The van der Waals surface area contributed by atoms with Gasteiger partial charge in [0.2, 0.25) is 0 Å². The molecule has 0 atom stereocenters. The Morgan fingerprint density at radius 1 is 0.654 bits per heavy atom. The molecule has 0 fully saturated rings. The van der Waals surface area contributed by atoms with Gasteiger partial charge in [-0.3, -0.25) is 9.98 Å². The second-order valence-corrected chi connectivity index (χ2v) is 7.29. The van der Waals surface area contributed by atoms with Crippen LogP contribution in [-0.4, -0.2) is 35.7 Å². The molecule has 4 nitrogen and oxygen atoms in total. The average Bonchev–Trinajstić information content (AvgIpc) is 2.59. The fourth-order valence-electron chi connectivity index (χ4n) is 1.87. The van der Waals surface area contributed by atoms with Crippen LogP contribution in [0.3, 0.4) is 0 Å². The van der Waals surface area contributed by atoms with Gasteiger partial charge in [0.25, 0.3) is 0 Å². The molecule has 0 spiro atoms. The summed E-state index contributed by atoms with van der Waals surface area (Å²) in [6.45, 7) is 0.534. The lowest BCUT2D eigenvalue weighted by atomic mass is 10.2. The third-order valence-electron chi connectivity index (χ3n) is 3.16. The average molecular weight is 475 g/mol. The Labute approximate surface area is 179 Å². The molecule has 0 aliphatic rings. The molecule has 0 aliphatic carbocycles. The summed E-state index contributed by atoms with van der Waals surface area (Å²) < 4.78 is 0. The van der Waals surface area contributed by atoms with Gasteiger partial charge in [0, 0.05) is 12.4 Å². The van der Waals surface area contributed by atoms with Crippen molar-refractivity contribution in [2.75, 3.05) is 13.1 Å². The molecule has 0 radical (unpaired) electrons. The fraction of sp³-hybridized carbons (Fsp3) is 0.125. The SMILES string of the molecule is Oc1c(Cl)cc(Cl)c(Cl)c1C=NCCN=Cc1c(O)c(Cl)cc(Cl)c1Cl. The molecule has 0 unspecified atom stereocenters. The molecule has 0 amide bonds. The number of halogens is 6. The molecule has 0 saturated heterocycles. The van der Waals surface area contributed by atoms with Gasteiger partial charge in [-0.25, -0.2) is 0 Å². The number of rotatable bonds is 5. The van der Waals surface area contributed by atoms with Crippen LogP contribution in [0.15, 0.2) is 22.1 Å². The number of aromatic hydroxyl groups is 2. The summed E-state index contributed by atoms with van der Waals surface area (Å²) >= 11 is 35.5. The molecule has 2 aromatic rings. The largest absolute Gasteiger partial charge is 0.506 e. The van der Waals surface area contributed by atoms with Crippen molar-refractivity contribution in [2.24, 2.45) is 9.98 Å². The minimum absolute atomic E-state index is 0.0711. The van der Waals surface area contributed by atoms with Crippen molar-refractivity contribution in [2.45, 2.75) is 0 Å². The van der Waals surface area contributed by atoms with Gasteiger partial charge in [0.15, 0.2) is 0 Å². The highest BCUT2D eigenvalue weighted by molar-refractivity contribution is 6.46. The number of hydrogen-bond acceptors (Lipinski definition) is 4. The maximum atomic E-state index is 9.90. The monoisotopic (exact) mass is 472 g/mol. The van der Waals surface area contributed by atoms with Gasteiger partial charge in [0.05, 0.1) is 54.4 Å². The topological polar surface area (TPSA) is 65.2 Å². The summed E-state index contributed by atoms with van der Waals surface area (Å²) in [6, 6.07) is 2.68. The molecule has 26 heavy (non-hydrogen) atoms. The molecule has 0 aliphatic heterocycles. The van der Waals surface area contributed by atoms with Crippen LogP contribution < -0.4 is 0 Å². The molecule has 0 bridgehead atoms. The second-order valence-electron chi connectivity index (χ2n) is 4.90. The van der Waals surface area contributed by atoms with Gasteiger partial charge >= 0.3 is 0 Å². The van der Waals surface area contributed by atoms with Crippen molar-refractivity contribution in [3.8, 4) is 11.5 Å². The highest BCUT2D eigenvalue weighted by Gasteiger charge is 2.13. The van der Waals surface area contributed by atoms with Crippen molar-refractivity contribution in [3.05, 3.63) is 53.4 Å². The number of hydrogen-bond donors (Lipinski definition) is 2. The van der Waals surface area contributed by atoms with Crippen LogP contribution in [0.2, 0.25) is 30.1 Å². The van der Waals surface area contributed by atoms with Crippen LogP contribution in [-0.2, 0) is 0 Å². The van der Waals surface area contributed by atoms with Gasteiger partial charge in [-0.15, -0.1) is 0 Å². The fourth-order valence-corrected chi connectivity index (χ4v) is 3.21. The number of aliphatic imine (C=N–C) groups is 2. The van der Waals surface area contributed by atoms with E-state index in [9.17, 15) is 10.2 Å². The molecular weight excluding hydrogens is 465 g/mol. The summed E-state index contributed by atoms with van der Waals surface area (Å²) in [6.07, 6.45) is 2.71. The lowest BCUT2D eigenvalue weighted by molar-refractivity contribution is 0.474. The van der Waals surface area contributed by atoms with Crippen molar-refractivity contribution in [1.82, 2.24) is 0 Å². The highest BCUT2D eigenvalue weighted by atomic mass is 35.5. The molecule has 0 saturated carbocycles. The Morgan fingerprint density at radius 2 is 1.00 bits per heavy atom. The van der Waals surface area contributed by atoms with E-state index in [0.717, 1.165) is 0 Å². The minimum atomic E-state index is -0.210. The predicted octanol–water partition coefficient (Wildman–Crippen LogP) is 6.56. The highest BCUT2D eigenvalue weighted by Crippen LogP contribution is 2.38. The molecule has 138 valence electrons. The summed E-state index contributed by atoms with van der Waals surface area (Å²) in [5.41, 5.74) is 0.436. The Hall–Kier alpha value is -0.880. The van der Waals surface area contributed by atoms with E-state index in [1.165, 1.54) is 24.6 Å². The van der Waals surface area contributed by atoms with Gasteiger partial charge in [0.1, 0.15) is 11.5 Å². The van der Waals surface area contributed by atoms with Crippen molar-refractivity contribution < 1.29 is 10.2 Å². The molecule has 10 heteroatoms. The third kappa shape index (κ3) is 4.89. The lowest BCUT2D eigenvalue weighted by Crippen LogP contribution is -1.93. The Bertz CT molecular complexity index is 773. The first-order chi connectivity index (χ1) is 12.2. The van der Waals surface area contributed by atoms with Crippen LogP contribution in [0.1, 0.15) is 11.1 Å². The maximum absolute atomic E-state index is 9.90. The third-order valence-corrected chi connectivity index (χ3v) is 5.34. The summed E-state index contributed by atoms with van der Waals surface area (Å²) in [7, 11) is 0. The number of phenols is 2. The van der Waals surface area contributed by atoms with Gasteiger partial charge < -0.3 is 10.2 Å². The molecule has 2 N–H and O–H groups in total. The van der Waals surface area contributed by atoms with Crippen molar-refractivity contribution in [1.29, 1.82) is 0 Å². The minimum Gasteiger partial charge on any atom is -0.506 e. The van der Waals surface area contributed by atoms with E-state index in [1.807, 2.05) is 0 Å². The van der Waals surface area contributed by atoms with E-state index in [4.69, 9.17) is 69.6 Å². The molecular formula is C16H10Cl6N2O2. The maximum Gasteiger partial charge on any atom is 0.144 e. The van der Waals surface area contributed by atoms with Gasteiger partial charge in [-0.2, -0.15) is 0 Å². The zero-order valence-corrected chi connectivity index (χ0v) is 17.3. The van der Waals surface area contributed by atoms with E-state index >= 15 is 0 Å². The smallest absolute Gasteiger partial charge is 0.144 e. The van der Waals surface area contributed by atoms with Crippen LogP contribution in [0.5, 0.6) is 11.5 Å². The summed E-state index contributed by atoms with van der Waals surface area (Å²) in [4.78, 5) is 8.22. The van der Waals surface area contributed by atoms with E-state index in [0.29, 0.717) is 0 Å². The number of benzene rings is 2. The zero-order chi connectivity index (χ0) is 19.4. The molecule has 0 heterocycles. The first-order valence-electron chi connectivity index (χ1n) is 6.96. The lowest BCUT2D eigenvalue weighted by Gasteiger charge is -2.06. The second kappa shape index (κ2) is 9.36. The van der Waals surface area contributed by atoms with E-state index in [-0.39, 0.29) is 65.9 Å². The Kier molecular flexibility index (Phi) is 7.71. The van der Waals surface area contributed by atoms with E-state index in [1.54, 1.807) is 0 Å². The normalized spacial score (nSPS) is 11.8. The van der Waals surface area contributed by atoms with Crippen molar-refractivity contribution in [3.63, 3.8) is 0 Å². The van der Waals surface area contributed by atoms with Crippen LogP contribution >= 0.6 is 69.6 Å². The van der Waals surface area contributed by atoms with Crippen LogP contribution in [0.25, 0.3) is 0 Å². The Balaban J connectivity index is 2.07.